The highest BCUT2D eigenvalue weighted by atomic mass is 16.5. The Morgan fingerprint density at radius 3 is 2.79 bits per heavy atom. The second-order valence-corrected chi connectivity index (χ2v) is 6.18. The molecular weight excluding hydrogens is 240 g/mol. The minimum absolute atomic E-state index is 0.137. The van der Waals surface area contributed by atoms with Gasteiger partial charge in [-0.05, 0) is 38.3 Å². The molecule has 19 heavy (non-hydrogen) atoms. The van der Waals surface area contributed by atoms with E-state index in [4.69, 9.17) is 4.74 Å². The Bertz CT molecular complexity index is 267. The van der Waals surface area contributed by atoms with Crippen LogP contribution in [0.15, 0.2) is 0 Å². The molecule has 4 heteroatoms. The molecule has 0 bridgehead atoms. The summed E-state index contributed by atoms with van der Waals surface area (Å²) in [6, 6.07) is 0.137. The van der Waals surface area contributed by atoms with E-state index in [1.54, 1.807) is 7.11 Å². The Labute approximate surface area is 117 Å². The quantitative estimate of drug-likeness (QED) is 0.743. The summed E-state index contributed by atoms with van der Waals surface area (Å²) in [6.45, 7) is 8.88. The standard InChI is InChI=1S/C15H30N2O2/c1-5-7-13(11-19-4)17-14(18)15(2,3)12-8-6-9-16-10-12/h12-13,16H,5-11H2,1-4H3,(H,17,18). The highest BCUT2D eigenvalue weighted by Crippen LogP contribution is 2.32. The third-order valence-electron chi connectivity index (χ3n) is 4.24. The van der Waals surface area contributed by atoms with Crippen molar-refractivity contribution in [3.8, 4) is 0 Å². The largest absolute Gasteiger partial charge is 0.383 e. The van der Waals surface area contributed by atoms with Crippen molar-refractivity contribution in [2.75, 3.05) is 26.8 Å². The Hall–Kier alpha value is -0.610. The second kappa shape index (κ2) is 7.85. The van der Waals surface area contributed by atoms with Crippen LogP contribution in [0.2, 0.25) is 0 Å². The number of amides is 1. The van der Waals surface area contributed by atoms with Gasteiger partial charge in [-0.15, -0.1) is 0 Å². The Morgan fingerprint density at radius 1 is 1.53 bits per heavy atom. The number of piperidine rings is 1. The van der Waals surface area contributed by atoms with Gasteiger partial charge >= 0.3 is 0 Å². The summed E-state index contributed by atoms with van der Waals surface area (Å²) in [4.78, 5) is 12.5. The van der Waals surface area contributed by atoms with Crippen molar-refractivity contribution >= 4 is 5.91 Å². The van der Waals surface area contributed by atoms with E-state index in [0.717, 1.165) is 38.8 Å². The molecule has 0 radical (unpaired) electrons. The van der Waals surface area contributed by atoms with Gasteiger partial charge in [-0.1, -0.05) is 27.2 Å². The maximum absolute atomic E-state index is 12.5. The monoisotopic (exact) mass is 270 g/mol. The molecule has 1 saturated heterocycles. The minimum Gasteiger partial charge on any atom is -0.383 e. The van der Waals surface area contributed by atoms with Crippen molar-refractivity contribution in [3.05, 3.63) is 0 Å². The van der Waals surface area contributed by atoms with Crippen molar-refractivity contribution in [1.29, 1.82) is 0 Å². The minimum atomic E-state index is -0.312. The Balaban J connectivity index is 2.57. The highest BCUT2D eigenvalue weighted by molar-refractivity contribution is 5.82. The molecule has 0 aromatic heterocycles. The van der Waals surface area contributed by atoms with E-state index in [0.29, 0.717) is 12.5 Å². The third kappa shape index (κ3) is 4.77. The van der Waals surface area contributed by atoms with Gasteiger partial charge < -0.3 is 15.4 Å². The van der Waals surface area contributed by atoms with Crippen LogP contribution in [0.3, 0.4) is 0 Å². The molecule has 2 unspecified atom stereocenters. The number of ether oxygens (including phenoxy) is 1. The lowest BCUT2D eigenvalue weighted by molar-refractivity contribution is -0.133. The normalized spacial score (nSPS) is 22.0. The van der Waals surface area contributed by atoms with E-state index in [2.05, 4.69) is 31.4 Å². The Kier molecular flexibility index (Phi) is 6.80. The summed E-state index contributed by atoms with van der Waals surface area (Å²) in [5.41, 5.74) is -0.312. The molecule has 112 valence electrons. The summed E-state index contributed by atoms with van der Waals surface area (Å²) < 4.78 is 5.19. The molecule has 1 fully saturated rings. The smallest absolute Gasteiger partial charge is 0.226 e. The molecule has 0 saturated carbocycles. The predicted molar refractivity (Wildman–Crippen MR) is 78.1 cm³/mol. The zero-order valence-corrected chi connectivity index (χ0v) is 12.9. The molecule has 1 aliphatic heterocycles. The topological polar surface area (TPSA) is 50.4 Å². The fraction of sp³-hybridized carbons (Fsp3) is 0.933. The van der Waals surface area contributed by atoms with E-state index in [9.17, 15) is 4.79 Å². The molecule has 1 rings (SSSR count). The van der Waals surface area contributed by atoms with E-state index in [1.165, 1.54) is 0 Å². The van der Waals surface area contributed by atoms with Crippen molar-refractivity contribution < 1.29 is 9.53 Å². The fourth-order valence-electron chi connectivity index (χ4n) is 2.77. The fourth-order valence-corrected chi connectivity index (χ4v) is 2.77. The maximum Gasteiger partial charge on any atom is 0.226 e. The van der Waals surface area contributed by atoms with Crippen LogP contribution in [-0.2, 0) is 9.53 Å². The SMILES string of the molecule is CCCC(COC)NC(=O)C(C)(C)C1CCCNC1. The first kappa shape index (κ1) is 16.4. The van der Waals surface area contributed by atoms with Crippen LogP contribution in [0.5, 0.6) is 0 Å². The lowest BCUT2D eigenvalue weighted by Gasteiger charge is -2.37. The number of rotatable bonds is 7. The van der Waals surface area contributed by atoms with E-state index in [-0.39, 0.29) is 17.4 Å². The van der Waals surface area contributed by atoms with Gasteiger partial charge in [0.2, 0.25) is 5.91 Å². The first-order valence-corrected chi connectivity index (χ1v) is 7.53. The van der Waals surface area contributed by atoms with E-state index >= 15 is 0 Å². The molecule has 1 aliphatic rings. The predicted octanol–water partition coefficient (Wildman–Crippen LogP) is 1.94. The molecule has 0 aromatic carbocycles. The second-order valence-electron chi connectivity index (χ2n) is 6.18. The van der Waals surface area contributed by atoms with Crippen LogP contribution in [0, 0.1) is 11.3 Å². The molecule has 1 heterocycles. The van der Waals surface area contributed by atoms with Crippen LogP contribution >= 0.6 is 0 Å². The number of hydrogen-bond donors (Lipinski definition) is 2. The van der Waals surface area contributed by atoms with Gasteiger partial charge in [-0.2, -0.15) is 0 Å². The summed E-state index contributed by atoms with van der Waals surface area (Å²) in [5, 5.41) is 6.56. The van der Waals surface area contributed by atoms with Crippen molar-refractivity contribution in [2.45, 2.75) is 52.5 Å². The van der Waals surface area contributed by atoms with Crippen molar-refractivity contribution in [3.63, 3.8) is 0 Å². The molecule has 2 atom stereocenters. The summed E-state index contributed by atoms with van der Waals surface area (Å²) in [7, 11) is 1.69. The van der Waals surface area contributed by atoms with Crippen LogP contribution in [0.1, 0.15) is 46.5 Å². The molecular formula is C15H30N2O2. The van der Waals surface area contributed by atoms with Crippen LogP contribution in [0.4, 0.5) is 0 Å². The summed E-state index contributed by atoms with van der Waals surface area (Å²) in [6.07, 6.45) is 4.33. The summed E-state index contributed by atoms with van der Waals surface area (Å²) in [5.74, 6) is 0.586. The first-order chi connectivity index (χ1) is 9.02. The van der Waals surface area contributed by atoms with Gasteiger partial charge in [0.1, 0.15) is 0 Å². The molecule has 0 spiro atoms. The lowest BCUT2D eigenvalue weighted by Crippen LogP contribution is -2.50. The number of methoxy groups -OCH3 is 1. The van der Waals surface area contributed by atoms with Crippen molar-refractivity contribution in [1.82, 2.24) is 10.6 Å². The number of carbonyl (C=O) groups is 1. The molecule has 1 amide bonds. The zero-order chi connectivity index (χ0) is 14.3. The van der Waals surface area contributed by atoms with Gasteiger partial charge in [0, 0.05) is 12.5 Å². The first-order valence-electron chi connectivity index (χ1n) is 7.53. The van der Waals surface area contributed by atoms with Crippen molar-refractivity contribution in [2.24, 2.45) is 11.3 Å². The summed E-state index contributed by atoms with van der Waals surface area (Å²) >= 11 is 0. The zero-order valence-electron chi connectivity index (χ0n) is 12.9. The molecule has 4 nitrogen and oxygen atoms in total. The average Bonchev–Trinajstić information content (AvgIpc) is 2.40. The van der Waals surface area contributed by atoms with Gasteiger partial charge in [0.25, 0.3) is 0 Å². The molecule has 0 aromatic rings. The third-order valence-corrected chi connectivity index (χ3v) is 4.24. The average molecular weight is 270 g/mol. The van der Waals surface area contributed by atoms with Gasteiger partial charge in [0.05, 0.1) is 12.6 Å². The molecule has 2 N–H and O–H groups in total. The van der Waals surface area contributed by atoms with Gasteiger partial charge in [-0.25, -0.2) is 0 Å². The van der Waals surface area contributed by atoms with E-state index in [1.807, 2.05) is 0 Å². The van der Waals surface area contributed by atoms with Gasteiger partial charge in [0.15, 0.2) is 0 Å². The van der Waals surface area contributed by atoms with Gasteiger partial charge in [-0.3, -0.25) is 4.79 Å². The number of carbonyl (C=O) groups excluding carboxylic acids is 1. The van der Waals surface area contributed by atoms with E-state index < -0.39 is 0 Å². The lowest BCUT2D eigenvalue weighted by atomic mass is 9.74. The molecule has 0 aliphatic carbocycles. The maximum atomic E-state index is 12.5. The number of hydrogen-bond acceptors (Lipinski definition) is 3. The van der Waals surface area contributed by atoms with Crippen LogP contribution in [0.25, 0.3) is 0 Å². The van der Waals surface area contributed by atoms with Crippen LogP contribution in [-0.4, -0.2) is 38.8 Å². The number of nitrogens with one attached hydrogen (secondary N) is 2. The van der Waals surface area contributed by atoms with Crippen LogP contribution < -0.4 is 10.6 Å². The Morgan fingerprint density at radius 2 is 2.26 bits per heavy atom. The highest BCUT2D eigenvalue weighted by Gasteiger charge is 2.37.